The van der Waals surface area contributed by atoms with Crippen molar-refractivity contribution >= 4 is 23.2 Å². The van der Waals surface area contributed by atoms with Crippen molar-refractivity contribution in [2.75, 3.05) is 0 Å². The molecule has 1 aromatic carbocycles. The third kappa shape index (κ3) is 2.83. The maximum atomic E-state index is 13.1. The molecule has 0 saturated carbocycles. The maximum absolute atomic E-state index is 13.1. The average Bonchev–Trinajstić information content (AvgIpc) is 3.22. The Morgan fingerprint density at radius 1 is 1.13 bits per heavy atom. The number of rotatable bonds is 4. The molecule has 4 aromatic rings. The number of hydrogen-bond donors (Lipinski definition) is 0. The minimum atomic E-state index is -0.0656. The summed E-state index contributed by atoms with van der Waals surface area (Å²) in [6, 6.07) is 11.7. The summed E-state index contributed by atoms with van der Waals surface area (Å²) in [5, 5.41) is 0. The quantitative estimate of drug-likeness (QED) is 0.518. The van der Waals surface area contributed by atoms with Crippen LogP contribution in [0.2, 0.25) is 0 Å². The zero-order valence-corrected chi connectivity index (χ0v) is 17.1. The third-order valence-corrected chi connectivity index (χ3v) is 5.29. The Kier molecular flexibility index (Phi) is 4.27. The van der Waals surface area contributed by atoms with Gasteiger partial charge in [0, 0.05) is 25.5 Å². The number of aliphatic imine (C=N–C) groups is 1. The van der Waals surface area contributed by atoms with Gasteiger partial charge in [-0.1, -0.05) is 0 Å². The molecule has 0 radical (unpaired) electrons. The lowest BCUT2D eigenvalue weighted by Gasteiger charge is -2.12. The second-order valence-electron chi connectivity index (χ2n) is 7.60. The van der Waals surface area contributed by atoms with E-state index in [1.54, 1.807) is 10.8 Å². The van der Waals surface area contributed by atoms with E-state index in [4.69, 9.17) is 4.74 Å². The fourth-order valence-electron chi connectivity index (χ4n) is 3.90. The first-order valence-electron chi connectivity index (χ1n) is 9.99. The molecule has 0 fully saturated rings. The summed E-state index contributed by atoms with van der Waals surface area (Å²) >= 11 is 0. The summed E-state index contributed by atoms with van der Waals surface area (Å²) in [5.74, 6) is 1.35. The molecule has 5 rings (SSSR count). The molecule has 30 heavy (non-hydrogen) atoms. The average molecular weight is 402 g/mol. The van der Waals surface area contributed by atoms with Crippen LogP contribution in [0.4, 0.5) is 5.82 Å². The first-order valence-corrected chi connectivity index (χ1v) is 9.99. The molecule has 0 atom stereocenters. The summed E-state index contributed by atoms with van der Waals surface area (Å²) in [4.78, 5) is 26.5. The van der Waals surface area contributed by atoms with Gasteiger partial charge in [-0.25, -0.2) is 19.3 Å². The van der Waals surface area contributed by atoms with Crippen LogP contribution >= 0.6 is 0 Å². The lowest BCUT2D eigenvalue weighted by atomic mass is 10.2. The van der Waals surface area contributed by atoms with Crippen LogP contribution < -0.4 is 10.4 Å². The number of hydrogen-bond acceptors (Lipinski definition) is 5. The highest BCUT2D eigenvalue weighted by Crippen LogP contribution is 2.30. The molecule has 0 unspecified atom stereocenters. The van der Waals surface area contributed by atoms with Crippen LogP contribution in [0.15, 0.2) is 52.4 Å². The van der Waals surface area contributed by atoms with Gasteiger partial charge in [0.2, 0.25) is 0 Å². The highest BCUT2D eigenvalue weighted by Gasteiger charge is 2.23. The van der Waals surface area contributed by atoms with Crippen molar-refractivity contribution in [1.29, 1.82) is 0 Å². The Morgan fingerprint density at radius 2 is 1.93 bits per heavy atom. The molecule has 8 nitrogen and oxygen atoms in total. The summed E-state index contributed by atoms with van der Waals surface area (Å²) in [6.45, 7) is 4.04. The molecular weight excluding hydrogens is 380 g/mol. The molecule has 152 valence electrons. The minimum Gasteiger partial charge on any atom is -0.425 e. The van der Waals surface area contributed by atoms with Crippen LogP contribution in [0, 0.1) is 0 Å². The topological polar surface area (TPSA) is 79.2 Å². The maximum Gasteiger partial charge on any atom is 0.334 e. The lowest BCUT2D eigenvalue weighted by molar-refractivity contribution is 0.427. The molecule has 0 amide bonds. The van der Waals surface area contributed by atoms with Crippen molar-refractivity contribution in [2.24, 2.45) is 12.0 Å². The number of nitrogens with zero attached hydrogens (tertiary/aromatic N) is 6. The first kappa shape index (κ1) is 18.4. The van der Waals surface area contributed by atoms with Gasteiger partial charge in [-0.3, -0.25) is 9.13 Å². The number of aryl methyl sites for hydroxylation is 1. The van der Waals surface area contributed by atoms with Crippen LogP contribution in [0.25, 0.3) is 16.9 Å². The van der Waals surface area contributed by atoms with E-state index in [-0.39, 0.29) is 11.7 Å². The van der Waals surface area contributed by atoms with Gasteiger partial charge in [0.25, 0.3) is 0 Å². The Bertz CT molecular complexity index is 1320. The minimum absolute atomic E-state index is 0.0656. The van der Waals surface area contributed by atoms with Crippen LogP contribution in [-0.2, 0) is 13.5 Å². The van der Waals surface area contributed by atoms with Crippen molar-refractivity contribution in [3.8, 4) is 17.4 Å². The molecule has 4 heterocycles. The molecular formula is C22H22N6O2. The van der Waals surface area contributed by atoms with E-state index in [2.05, 4.69) is 15.0 Å². The van der Waals surface area contributed by atoms with E-state index < -0.39 is 0 Å². The summed E-state index contributed by atoms with van der Waals surface area (Å²) in [5.41, 5.74) is 3.22. The van der Waals surface area contributed by atoms with Gasteiger partial charge in [-0.05, 0) is 63.1 Å². The number of imidazole rings is 2. The van der Waals surface area contributed by atoms with E-state index >= 15 is 0 Å². The molecule has 0 saturated heterocycles. The normalized spacial score (nSPS) is 13.2. The summed E-state index contributed by atoms with van der Waals surface area (Å²) in [6.07, 6.45) is 5.27. The smallest absolute Gasteiger partial charge is 0.334 e. The fraction of sp³-hybridized carbons (Fsp3) is 0.273. The van der Waals surface area contributed by atoms with Gasteiger partial charge in [0.15, 0.2) is 11.5 Å². The van der Waals surface area contributed by atoms with Crippen molar-refractivity contribution < 1.29 is 4.74 Å². The van der Waals surface area contributed by atoms with Gasteiger partial charge in [0.05, 0.1) is 11.4 Å². The van der Waals surface area contributed by atoms with Crippen LogP contribution in [0.1, 0.15) is 32.0 Å². The van der Waals surface area contributed by atoms with Crippen molar-refractivity contribution in [3.63, 3.8) is 0 Å². The molecule has 0 bridgehead atoms. The Morgan fingerprint density at radius 3 is 2.67 bits per heavy atom. The predicted octanol–water partition coefficient (Wildman–Crippen LogP) is 3.94. The van der Waals surface area contributed by atoms with Crippen molar-refractivity contribution in [3.05, 3.63) is 58.8 Å². The second kappa shape index (κ2) is 6.98. The summed E-state index contributed by atoms with van der Waals surface area (Å²) in [7, 11) is 1.87. The molecule has 0 spiro atoms. The zero-order chi connectivity index (χ0) is 20.8. The van der Waals surface area contributed by atoms with Crippen LogP contribution in [-0.4, -0.2) is 29.9 Å². The van der Waals surface area contributed by atoms with Gasteiger partial charge >= 0.3 is 11.7 Å². The van der Waals surface area contributed by atoms with Crippen LogP contribution in [0.5, 0.6) is 11.8 Å². The fourth-order valence-corrected chi connectivity index (χ4v) is 3.90. The Labute approximate surface area is 173 Å². The van der Waals surface area contributed by atoms with E-state index in [9.17, 15) is 4.79 Å². The lowest BCUT2D eigenvalue weighted by Crippen LogP contribution is -2.25. The number of pyridine rings is 1. The zero-order valence-electron chi connectivity index (χ0n) is 17.1. The number of fused-ring (bicyclic) bond motifs is 2. The largest absolute Gasteiger partial charge is 0.425 e. The van der Waals surface area contributed by atoms with Gasteiger partial charge in [0.1, 0.15) is 11.3 Å². The number of benzene rings is 1. The van der Waals surface area contributed by atoms with Gasteiger partial charge < -0.3 is 4.74 Å². The molecule has 1 aliphatic heterocycles. The summed E-state index contributed by atoms with van der Waals surface area (Å²) < 4.78 is 11.3. The second-order valence-corrected chi connectivity index (χ2v) is 7.60. The standard InChI is InChI=1S/C22H22N6O2/c1-14(2)27-18-7-5-13-24-20(18)28(22(27)29)15-8-10-16(11-9-15)30-21-25-17-6-4-12-23-19(17)26(21)3/h4,6,8-14H,5,7H2,1-3H3. The van der Waals surface area contributed by atoms with Gasteiger partial charge in [-0.2, -0.15) is 4.98 Å². The monoisotopic (exact) mass is 402 g/mol. The molecule has 0 N–H and O–H groups in total. The number of ether oxygens (including phenoxy) is 1. The van der Waals surface area contributed by atoms with E-state index in [0.717, 1.165) is 41.2 Å². The molecule has 8 heteroatoms. The first-order chi connectivity index (χ1) is 14.5. The Balaban J connectivity index is 1.51. The van der Waals surface area contributed by atoms with Crippen molar-refractivity contribution in [2.45, 2.75) is 32.7 Å². The van der Waals surface area contributed by atoms with E-state index in [1.165, 1.54) is 0 Å². The molecule has 0 aliphatic carbocycles. The van der Waals surface area contributed by atoms with E-state index in [0.29, 0.717) is 11.8 Å². The van der Waals surface area contributed by atoms with Crippen LogP contribution in [0.3, 0.4) is 0 Å². The highest BCUT2D eigenvalue weighted by molar-refractivity contribution is 5.72. The van der Waals surface area contributed by atoms with E-state index in [1.807, 2.05) is 72.6 Å². The SMILES string of the molecule is CC(C)n1c2c(n(-c3ccc(Oc4nc5cccnc5n4C)cc3)c1=O)N=CCC2. The predicted molar refractivity (Wildman–Crippen MR) is 115 cm³/mol. The highest BCUT2D eigenvalue weighted by atomic mass is 16.5. The Hall–Kier alpha value is -3.68. The van der Waals surface area contributed by atoms with Gasteiger partial charge in [-0.15, -0.1) is 0 Å². The molecule has 1 aliphatic rings. The van der Waals surface area contributed by atoms with Crippen molar-refractivity contribution in [1.82, 2.24) is 23.7 Å². The molecule has 3 aromatic heterocycles. The number of aromatic nitrogens is 5. The third-order valence-electron chi connectivity index (χ3n) is 5.29.